The van der Waals surface area contributed by atoms with E-state index >= 15 is 0 Å². The Balaban J connectivity index is 1.97. The first-order valence-electron chi connectivity index (χ1n) is 9.81. The molecule has 1 aromatic rings. The van der Waals surface area contributed by atoms with Crippen LogP contribution >= 0.6 is 0 Å². The molecule has 0 saturated carbocycles. The number of carbonyl (C=O) groups excluding carboxylic acids is 2. The van der Waals surface area contributed by atoms with Crippen LogP contribution in [0.2, 0.25) is 0 Å². The molecule has 26 heavy (non-hydrogen) atoms. The SMILES string of the molecule is CCOC(=O)C(CC[C@H](C)[C@@H]1O[C@H](c2ccccc2)CC[C@H]1C)C(C)=O. The molecule has 1 unspecified atom stereocenters. The molecule has 0 aromatic heterocycles. The molecular formula is C22H32O4. The molecule has 0 bridgehead atoms. The topological polar surface area (TPSA) is 52.6 Å². The average Bonchev–Trinajstić information content (AvgIpc) is 2.62. The van der Waals surface area contributed by atoms with Gasteiger partial charge in [-0.15, -0.1) is 0 Å². The van der Waals surface area contributed by atoms with Crippen LogP contribution in [0.4, 0.5) is 0 Å². The number of hydrogen-bond acceptors (Lipinski definition) is 4. The maximum absolute atomic E-state index is 12.0. The van der Waals surface area contributed by atoms with Crippen LogP contribution in [-0.4, -0.2) is 24.5 Å². The quantitative estimate of drug-likeness (QED) is 0.497. The number of benzene rings is 1. The summed E-state index contributed by atoms with van der Waals surface area (Å²) in [4.78, 5) is 23.8. The van der Waals surface area contributed by atoms with Gasteiger partial charge in [-0.2, -0.15) is 0 Å². The third-order valence-electron chi connectivity index (χ3n) is 5.47. The zero-order valence-corrected chi connectivity index (χ0v) is 16.4. The highest BCUT2D eigenvalue weighted by molar-refractivity contribution is 5.97. The maximum atomic E-state index is 12.0. The van der Waals surface area contributed by atoms with Gasteiger partial charge in [-0.3, -0.25) is 9.59 Å². The lowest BCUT2D eigenvalue weighted by atomic mass is 9.82. The van der Waals surface area contributed by atoms with Crippen LogP contribution in [0.25, 0.3) is 0 Å². The molecule has 0 spiro atoms. The van der Waals surface area contributed by atoms with E-state index < -0.39 is 11.9 Å². The van der Waals surface area contributed by atoms with Gasteiger partial charge in [0.15, 0.2) is 0 Å². The Bertz CT molecular complexity index is 583. The average molecular weight is 360 g/mol. The summed E-state index contributed by atoms with van der Waals surface area (Å²) in [7, 11) is 0. The minimum Gasteiger partial charge on any atom is -0.465 e. The summed E-state index contributed by atoms with van der Waals surface area (Å²) in [5.74, 6) is -0.403. The summed E-state index contributed by atoms with van der Waals surface area (Å²) in [5, 5.41) is 0. The third kappa shape index (κ3) is 5.41. The van der Waals surface area contributed by atoms with E-state index in [4.69, 9.17) is 9.47 Å². The van der Waals surface area contributed by atoms with Crippen LogP contribution in [0.15, 0.2) is 30.3 Å². The van der Waals surface area contributed by atoms with Gasteiger partial charge in [-0.25, -0.2) is 0 Å². The van der Waals surface area contributed by atoms with Crippen molar-refractivity contribution in [3.8, 4) is 0 Å². The second kappa shape index (κ2) is 9.86. The highest BCUT2D eigenvalue weighted by Gasteiger charge is 2.34. The molecular weight excluding hydrogens is 328 g/mol. The minimum absolute atomic E-state index is 0.115. The van der Waals surface area contributed by atoms with Gasteiger partial charge >= 0.3 is 5.97 Å². The number of carbonyl (C=O) groups is 2. The van der Waals surface area contributed by atoms with Gasteiger partial charge in [0.2, 0.25) is 0 Å². The summed E-state index contributed by atoms with van der Waals surface area (Å²) in [6.07, 6.45) is 3.74. The molecule has 1 heterocycles. The predicted octanol–water partition coefficient (Wildman–Crippen LogP) is 4.73. The lowest BCUT2D eigenvalue weighted by molar-refractivity contribution is -0.152. The number of ether oxygens (including phenoxy) is 2. The van der Waals surface area contributed by atoms with E-state index in [2.05, 4.69) is 26.0 Å². The monoisotopic (exact) mass is 360 g/mol. The van der Waals surface area contributed by atoms with Gasteiger partial charge < -0.3 is 9.47 Å². The summed E-state index contributed by atoms with van der Waals surface area (Å²) < 4.78 is 11.5. The van der Waals surface area contributed by atoms with Crippen LogP contribution in [0, 0.1) is 17.8 Å². The second-order valence-electron chi connectivity index (χ2n) is 7.52. The van der Waals surface area contributed by atoms with Gasteiger partial charge in [0.25, 0.3) is 0 Å². The van der Waals surface area contributed by atoms with Crippen LogP contribution in [-0.2, 0) is 19.1 Å². The first-order chi connectivity index (χ1) is 12.4. The first kappa shape index (κ1) is 20.6. The summed E-state index contributed by atoms with van der Waals surface area (Å²) in [5.41, 5.74) is 1.23. The van der Waals surface area contributed by atoms with E-state index in [1.54, 1.807) is 6.92 Å². The Morgan fingerprint density at radius 1 is 1.19 bits per heavy atom. The van der Waals surface area contributed by atoms with Gasteiger partial charge in [0, 0.05) is 0 Å². The fourth-order valence-electron chi connectivity index (χ4n) is 3.90. The van der Waals surface area contributed by atoms with Crippen molar-refractivity contribution in [2.24, 2.45) is 17.8 Å². The molecule has 2 rings (SSSR count). The van der Waals surface area contributed by atoms with Crippen LogP contribution in [0.3, 0.4) is 0 Å². The Labute approximate surface area is 157 Å². The van der Waals surface area contributed by atoms with Crippen LogP contribution in [0.5, 0.6) is 0 Å². The Morgan fingerprint density at radius 2 is 1.88 bits per heavy atom. The summed E-state index contributed by atoms with van der Waals surface area (Å²) in [6, 6.07) is 10.4. The van der Waals surface area contributed by atoms with Crippen molar-refractivity contribution in [1.29, 1.82) is 0 Å². The molecule has 0 radical (unpaired) electrons. The van der Waals surface area contributed by atoms with Crippen molar-refractivity contribution in [1.82, 2.24) is 0 Å². The largest absolute Gasteiger partial charge is 0.465 e. The minimum atomic E-state index is -0.652. The summed E-state index contributed by atoms with van der Waals surface area (Å²) in [6.45, 7) is 7.93. The van der Waals surface area contributed by atoms with Gasteiger partial charge in [0.05, 0.1) is 18.8 Å². The molecule has 0 aliphatic carbocycles. The molecule has 5 atom stereocenters. The highest BCUT2D eigenvalue weighted by Crippen LogP contribution is 2.38. The zero-order chi connectivity index (χ0) is 19.1. The molecule has 1 aliphatic rings. The van der Waals surface area contributed by atoms with Crippen LogP contribution < -0.4 is 0 Å². The normalized spacial score (nSPS) is 25.3. The molecule has 1 aromatic carbocycles. The number of hydrogen-bond donors (Lipinski definition) is 0. The molecule has 1 fully saturated rings. The van der Waals surface area contributed by atoms with Gasteiger partial charge in [0.1, 0.15) is 11.7 Å². The van der Waals surface area contributed by atoms with E-state index in [9.17, 15) is 9.59 Å². The van der Waals surface area contributed by atoms with Crippen molar-refractivity contribution in [2.75, 3.05) is 6.61 Å². The predicted molar refractivity (Wildman–Crippen MR) is 102 cm³/mol. The van der Waals surface area contributed by atoms with Gasteiger partial charge in [-0.1, -0.05) is 44.2 Å². The number of Topliss-reactive ketones (excluding diaryl/α,β-unsaturated/α-hetero) is 1. The van der Waals surface area contributed by atoms with Crippen molar-refractivity contribution < 1.29 is 19.1 Å². The van der Waals surface area contributed by atoms with E-state index in [-0.39, 0.29) is 23.9 Å². The third-order valence-corrected chi connectivity index (χ3v) is 5.47. The fourth-order valence-corrected chi connectivity index (χ4v) is 3.90. The van der Waals surface area contributed by atoms with Gasteiger partial charge in [-0.05, 0) is 56.9 Å². The molecule has 4 nitrogen and oxygen atoms in total. The lowest BCUT2D eigenvalue weighted by Crippen LogP contribution is -2.35. The molecule has 0 amide bonds. The fraction of sp³-hybridized carbons (Fsp3) is 0.636. The van der Waals surface area contributed by atoms with E-state index in [0.717, 1.165) is 19.3 Å². The molecule has 1 aliphatic heterocycles. The van der Waals surface area contributed by atoms with E-state index in [1.165, 1.54) is 12.5 Å². The maximum Gasteiger partial charge on any atom is 0.316 e. The first-order valence-corrected chi connectivity index (χ1v) is 9.81. The molecule has 0 N–H and O–H groups in total. The lowest BCUT2D eigenvalue weighted by Gasteiger charge is -2.38. The van der Waals surface area contributed by atoms with Crippen LogP contribution in [0.1, 0.15) is 65.0 Å². The highest BCUT2D eigenvalue weighted by atomic mass is 16.5. The molecule has 144 valence electrons. The Kier molecular flexibility index (Phi) is 7.83. The number of esters is 1. The van der Waals surface area contributed by atoms with Crippen molar-refractivity contribution in [3.05, 3.63) is 35.9 Å². The summed E-state index contributed by atoms with van der Waals surface area (Å²) >= 11 is 0. The van der Waals surface area contributed by atoms with Crippen molar-refractivity contribution >= 4 is 11.8 Å². The van der Waals surface area contributed by atoms with Crippen molar-refractivity contribution in [2.45, 2.75) is 65.6 Å². The zero-order valence-electron chi connectivity index (χ0n) is 16.4. The Morgan fingerprint density at radius 3 is 2.50 bits per heavy atom. The van der Waals surface area contributed by atoms with E-state index in [0.29, 0.717) is 18.9 Å². The number of ketones is 1. The molecule has 4 heteroatoms. The standard InChI is InChI=1S/C22H32O4/c1-5-25-22(24)19(17(4)23)13-11-15(2)21-16(3)12-14-20(26-21)18-9-7-6-8-10-18/h6-10,15-16,19-21H,5,11-14H2,1-4H3/t15-,16+,19?,20-,21-/m0/s1. The smallest absolute Gasteiger partial charge is 0.316 e. The van der Waals surface area contributed by atoms with E-state index in [1.807, 2.05) is 18.2 Å². The number of rotatable bonds is 8. The second-order valence-corrected chi connectivity index (χ2v) is 7.52. The Hall–Kier alpha value is -1.68. The van der Waals surface area contributed by atoms with Crippen molar-refractivity contribution in [3.63, 3.8) is 0 Å². The molecule has 1 saturated heterocycles.